The lowest BCUT2D eigenvalue weighted by atomic mass is 10.1. The molecule has 0 fully saturated rings. The van der Waals surface area contributed by atoms with Crippen molar-refractivity contribution in [2.45, 2.75) is 13.2 Å². The number of imidazole rings is 1. The maximum absolute atomic E-state index is 9.01. The molecule has 2 aromatic rings. The average molecular weight is 188 g/mol. The van der Waals surface area contributed by atoms with E-state index in [9.17, 15) is 0 Å². The molecule has 14 heavy (non-hydrogen) atoms. The number of nitrogens with zero attached hydrogens (tertiary/aromatic N) is 2. The summed E-state index contributed by atoms with van der Waals surface area (Å²) < 4.78 is 1.73. The topological polar surface area (TPSA) is 38.0 Å². The molecular formula is C11H12N2O. The predicted octanol–water partition coefficient (Wildman–Crippen LogP) is 1.42. The van der Waals surface area contributed by atoms with Crippen molar-refractivity contribution in [2.24, 2.45) is 0 Å². The van der Waals surface area contributed by atoms with E-state index in [0.717, 1.165) is 12.2 Å². The number of aliphatic hydroxyl groups is 1. The lowest BCUT2D eigenvalue weighted by molar-refractivity contribution is 0.207. The van der Waals surface area contributed by atoms with Gasteiger partial charge in [-0.3, -0.25) is 0 Å². The summed E-state index contributed by atoms with van der Waals surface area (Å²) in [5.41, 5.74) is 1.20. The van der Waals surface area contributed by atoms with Crippen LogP contribution >= 0.6 is 0 Å². The summed E-state index contributed by atoms with van der Waals surface area (Å²) in [7, 11) is 0. The van der Waals surface area contributed by atoms with Crippen molar-refractivity contribution in [2.75, 3.05) is 0 Å². The van der Waals surface area contributed by atoms with E-state index in [1.165, 1.54) is 5.56 Å². The first-order valence-corrected chi connectivity index (χ1v) is 4.55. The van der Waals surface area contributed by atoms with Gasteiger partial charge in [-0.1, -0.05) is 30.3 Å². The summed E-state index contributed by atoms with van der Waals surface area (Å²) in [6, 6.07) is 10.1. The van der Waals surface area contributed by atoms with Gasteiger partial charge in [0, 0.05) is 18.8 Å². The Labute approximate surface area is 82.7 Å². The van der Waals surface area contributed by atoms with E-state index >= 15 is 0 Å². The summed E-state index contributed by atoms with van der Waals surface area (Å²) in [6.45, 7) is -0.0117. The number of rotatable bonds is 3. The summed E-state index contributed by atoms with van der Waals surface area (Å²) in [5, 5.41) is 9.01. The van der Waals surface area contributed by atoms with E-state index in [1.807, 2.05) is 18.2 Å². The molecular weight excluding hydrogens is 176 g/mol. The maximum Gasteiger partial charge on any atom is 0.120 e. The Morgan fingerprint density at radius 2 is 2.00 bits per heavy atom. The molecule has 1 aromatic heterocycles. The van der Waals surface area contributed by atoms with E-state index < -0.39 is 0 Å². The number of benzene rings is 1. The van der Waals surface area contributed by atoms with Gasteiger partial charge in [0.2, 0.25) is 0 Å². The van der Waals surface area contributed by atoms with Gasteiger partial charge < -0.3 is 9.67 Å². The molecule has 0 aliphatic carbocycles. The SMILES string of the molecule is OCn1ccnc1Cc1ccccc1. The van der Waals surface area contributed by atoms with Gasteiger partial charge in [0.05, 0.1) is 0 Å². The Morgan fingerprint density at radius 1 is 1.21 bits per heavy atom. The van der Waals surface area contributed by atoms with Gasteiger partial charge in [-0.15, -0.1) is 0 Å². The fraction of sp³-hybridized carbons (Fsp3) is 0.182. The van der Waals surface area contributed by atoms with Crippen LogP contribution in [0.4, 0.5) is 0 Å². The minimum Gasteiger partial charge on any atom is -0.376 e. The zero-order valence-electron chi connectivity index (χ0n) is 7.80. The number of hydrogen-bond acceptors (Lipinski definition) is 2. The zero-order valence-corrected chi connectivity index (χ0v) is 7.80. The van der Waals surface area contributed by atoms with Gasteiger partial charge in [0.25, 0.3) is 0 Å². The van der Waals surface area contributed by atoms with Gasteiger partial charge in [-0.2, -0.15) is 0 Å². The molecule has 3 heteroatoms. The van der Waals surface area contributed by atoms with Gasteiger partial charge in [-0.05, 0) is 5.56 Å². The quantitative estimate of drug-likeness (QED) is 0.791. The van der Waals surface area contributed by atoms with Crippen LogP contribution in [0.5, 0.6) is 0 Å². The summed E-state index contributed by atoms with van der Waals surface area (Å²) in [6.07, 6.45) is 4.24. The summed E-state index contributed by atoms with van der Waals surface area (Å²) in [4.78, 5) is 4.19. The van der Waals surface area contributed by atoms with Gasteiger partial charge in [0.15, 0.2) is 0 Å². The van der Waals surface area contributed by atoms with Crippen LogP contribution in [0.3, 0.4) is 0 Å². The Kier molecular flexibility index (Phi) is 2.60. The van der Waals surface area contributed by atoms with Crippen LogP contribution in [0.1, 0.15) is 11.4 Å². The average Bonchev–Trinajstić information content (AvgIpc) is 2.67. The molecule has 72 valence electrons. The fourth-order valence-electron chi connectivity index (χ4n) is 1.41. The Balaban J connectivity index is 2.19. The van der Waals surface area contributed by atoms with Crippen LogP contribution in [-0.4, -0.2) is 14.7 Å². The second kappa shape index (κ2) is 4.07. The number of aromatic nitrogens is 2. The highest BCUT2D eigenvalue weighted by atomic mass is 16.3. The van der Waals surface area contributed by atoms with Crippen LogP contribution in [-0.2, 0) is 13.2 Å². The van der Waals surface area contributed by atoms with E-state index in [2.05, 4.69) is 17.1 Å². The minimum atomic E-state index is -0.0117. The molecule has 1 N–H and O–H groups in total. The summed E-state index contributed by atoms with van der Waals surface area (Å²) in [5.74, 6) is 0.888. The largest absolute Gasteiger partial charge is 0.376 e. The third-order valence-electron chi connectivity index (χ3n) is 2.16. The molecule has 0 saturated heterocycles. The standard InChI is InChI=1S/C11H12N2O/c14-9-13-7-6-12-11(13)8-10-4-2-1-3-5-10/h1-7,14H,8-9H2. The highest BCUT2D eigenvalue weighted by Crippen LogP contribution is 2.06. The van der Waals surface area contributed by atoms with E-state index in [-0.39, 0.29) is 6.73 Å². The first-order chi connectivity index (χ1) is 6.90. The second-order valence-corrected chi connectivity index (χ2v) is 3.12. The van der Waals surface area contributed by atoms with Crippen molar-refractivity contribution in [3.05, 3.63) is 54.1 Å². The highest BCUT2D eigenvalue weighted by Gasteiger charge is 2.01. The van der Waals surface area contributed by atoms with Crippen molar-refractivity contribution >= 4 is 0 Å². The van der Waals surface area contributed by atoms with Crippen molar-refractivity contribution < 1.29 is 5.11 Å². The van der Waals surface area contributed by atoms with E-state index in [0.29, 0.717) is 0 Å². The molecule has 0 saturated carbocycles. The molecule has 0 aliphatic heterocycles. The van der Waals surface area contributed by atoms with Crippen LogP contribution in [0, 0.1) is 0 Å². The summed E-state index contributed by atoms with van der Waals surface area (Å²) >= 11 is 0. The van der Waals surface area contributed by atoms with E-state index in [4.69, 9.17) is 5.11 Å². The number of hydrogen-bond donors (Lipinski definition) is 1. The van der Waals surface area contributed by atoms with Crippen molar-refractivity contribution in [1.82, 2.24) is 9.55 Å². The lowest BCUT2D eigenvalue weighted by Crippen LogP contribution is -2.02. The molecule has 0 radical (unpaired) electrons. The Bertz CT molecular complexity index is 395. The normalized spacial score (nSPS) is 10.4. The van der Waals surface area contributed by atoms with Crippen molar-refractivity contribution in [3.63, 3.8) is 0 Å². The third-order valence-corrected chi connectivity index (χ3v) is 2.16. The van der Waals surface area contributed by atoms with Crippen LogP contribution in [0.2, 0.25) is 0 Å². The molecule has 0 spiro atoms. The predicted molar refractivity (Wildman–Crippen MR) is 53.7 cm³/mol. The smallest absolute Gasteiger partial charge is 0.120 e. The molecule has 2 rings (SSSR count). The van der Waals surface area contributed by atoms with Crippen molar-refractivity contribution in [1.29, 1.82) is 0 Å². The molecule has 0 amide bonds. The molecule has 3 nitrogen and oxygen atoms in total. The number of aliphatic hydroxyl groups excluding tert-OH is 1. The van der Waals surface area contributed by atoms with Gasteiger partial charge in [-0.25, -0.2) is 4.98 Å². The van der Waals surface area contributed by atoms with Gasteiger partial charge in [0.1, 0.15) is 12.6 Å². The molecule has 1 aromatic carbocycles. The first-order valence-electron chi connectivity index (χ1n) is 4.55. The molecule has 0 bridgehead atoms. The highest BCUT2D eigenvalue weighted by molar-refractivity contribution is 5.19. The van der Waals surface area contributed by atoms with Crippen molar-refractivity contribution in [3.8, 4) is 0 Å². The molecule has 1 heterocycles. The molecule has 0 atom stereocenters. The zero-order chi connectivity index (χ0) is 9.80. The molecule has 0 aliphatic rings. The Morgan fingerprint density at radius 3 is 2.71 bits per heavy atom. The third kappa shape index (κ3) is 1.83. The van der Waals surface area contributed by atoms with Crippen LogP contribution in [0.15, 0.2) is 42.7 Å². The molecule has 0 unspecified atom stereocenters. The maximum atomic E-state index is 9.01. The Hall–Kier alpha value is -1.61. The lowest BCUT2D eigenvalue weighted by Gasteiger charge is -2.03. The first kappa shape index (κ1) is 8.97. The van der Waals surface area contributed by atoms with Crippen LogP contribution in [0.25, 0.3) is 0 Å². The monoisotopic (exact) mass is 188 g/mol. The van der Waals surface area contributed by atoms with E-state index in [1.54, 1.807) is 17.0 Å². The van der Waals surface area contributed by atoms with Crippen LogP contribution < -0.4 is 0 Å². The fourth-order valence-corrected chi connectivity index (χ4v) is 1.41. The second-order valence-electron chi connectivity index (χ2n) is 3.12. The van der Waals surface area contributed by atoms with Gasteiger partial charge >= 0.3 is 0 Å². The minimum absolute atomic E-state index is 0.0117.